The van der Waals surface area contributed by atoms with Crippen LogP contribution in [0.15, 0.2) is 219 Å². The van der Waals surface area contributed by atoms with Crippen LogP contribution in [0.25, 0.3) is 111 Å². The molecule has 8 heteroatoms. The number of halogens is 3. The van der Waals surface area contributed by atoms with E-state index in [0.29, 0.717) is 38.8 Å². The van der Waals surface area contributed by atoms with E-state index in [1.165, 1.54) is 0 Å². The predicted octanol–water partition coefficient (Wildman–Crippen LogP) is 15.9. The lowest BCUT2D eigenvalue weighted by Crippen LogP contribution is -2.16. The van der Waals surface area contributed by atoms with Crippen molar-refractivity contribution >= 4 is 43.6 Å². The summed E-state index contributed by atoms with van der Waals surface area (Å²) >= 11 is 0. The lowest BCUT2D eigenvalue weighted by Gasteiger charge is -2.24. The van der Waals surface area contributed by atoms with E-state index in [4.69, 9.17) is 9.97 Å². The highest BCUT2D eigenvalue weighted by Gasteiger charge is 2.40. The van der Waals surface area contributed by atoms with E-state index < -0.39 is 11.7 Å². The van der Waals surface area contributed by atoms with E-state index in [-0.39, 0.29) is 11.4 Å². The minimum atomic E-state index is -4.87. The van der Waals surface area contributed by atoms with Crippen molar-refractivity contribution in [3.8, 4) is 73.3 Å². The molecule has 12 rings (SSSR count). The number of hydrogen-bond donors (Lipinski definition) is 0. The van der Waals surface area contributed by atoms with E-state index in [0.717, 1.165) is 66.3 Å². The van der Waals surface area contributed by atoms with E-state index in [9.17, 15) is 5.26 Å². The predicted molar refractivity (Wildman–Crippen MR) is 268 cm³/mol. The van der Waals surface area contributed by atoms with E-state index >= 15 is 13.2 Å². The van der Waals surface area contributed by atoms with Crippen LogP contribution in [-0.2, 0) is 6.18 Å². The smallest absolute Gasteiger partial charge is 0.309 e. The van der Waals surface area contributed by atoms with Crippen LogP contribution in [0.2, 0.25) is 0 Å². The molecular formula is C60H36F3N5. The lowest BCUT2D eigenvalue weighted by molar-refractivity contribution is -0.137. The molecule has 0 amide bonds. The summed E-state index contributed by atoms with van der Waals surface area (Å²) in [4.78, 5) is 9.54. The fraction of sp³-hybridized carbons (Fsp3) is 0.0167. The molecule has 4 heterocycles. The van der Waals surface area contributed by atoms with Crippen molar-refractivity contribution in [3.05, 3.63) is 230 Å². The monoisotopic (exact) mass is 883 g/mol. The first-order chi connectivity index (χ1) is 33.4. The van der Waals surface area contributed by atoms with Crippen LogP contribution in [0.3, 0.4) is 0 Å². The number of nitriles is 1. The van der Waals surface area contributed by atoms with Gasteiger partial charge in [-0.15, -0.1) is 0 Å². The number of nitrogens with zero attached hydrogens (tertiary/aromatic N) is 5. The largest absolute Gasteiger partial charge is 0.420 e. The Labute approximate surface area is 388 Å². The van der Waals surface area contributed by atoms with Crippen LogP contribution in [0.1, 0.15) is 11.1 Å². The minimum absolute atomic E-state index is 0.0246. The highest BCUT2D eigenvalue weighted by Crippen LogP contribution is 2.48. The zero-order valence-corrected chi connectivity index (χ0v) is 36.2. The number of hydrogen-bond acceptors (Lipinski definition) is 3. The number of benzene rings is 8. The van der Waals surface area contributed by atoms with Crippen molar-refractivity contribution in [1.82, 2.24) is 19.1 Å². The second kappa shape index (κ2) is 16.1. The molecule has 0 aliphatic heterocycles. The summed E-state index contributed by atoms with van der Waals surface area (Å²) in [6.45, 7) is 0. The maximum absolute atomic E-state index is 16.8. The van der Waals surface area contributed by atoms with Gasteiger partial charge in [0.2, 0.25) is 0 Å². The quantitative estimate of drug-likeness (QED) is 0.160. The number of fused-ring (bicyclic) bond motifs is 6. The number of pyridine rings is 2. The first-order valence-corrected chi connectivity index (χ1v) is 22.2. The number of alkyl halides is 3. The average Bonchev–Trinajstić information content (AvgIpc) is 3.90. The Bertz CT molecular complexity index is 3970. The first-order valence-electron chi connectivity index (χ1n) is 22.2. The second-order valence-corrected chi connectivity index (χ2v) is 16.7. The van der Waals surface area contributed by atoms with Gasteiger partial charge in [-0.2, -0.15) is 18.4 Å². The van der Waals surface area contributed by atoms with Gasteiger partial charge in [0.15, 0.2) is 0 Å². The van der Waals surface area contributed by atoms with Crippen molar-refractivity contribution in [2.24, 2.45) is 0 Å². The zero-order chi connectivity index (χ0) is 45.9. The fourth-order valence-corrected chi connectivity index (χ4v) is 9.98. The van der Waals surface area contributed by atoms with E-state index in [1.807, 2.05) is 158 Å². The van der Waals surface area contributed by atoms with Crippen molar-refractivity contribution < 1.29 is 13.2 Å². The molecule has 0 aliphatic rings. The van der Waals surface area contributed by atoms with Gasteiger partial charge in [0.1, 0.15) is 5.56 Å². The van der Waals surface area contributed by atoms with Crippen molar-refractivity contribution in [2.75, 3.05) is 0 Å². The van der Waals surface area contributed by atoms with Gasteiger partial charge < -0.3 is 9.13 Å². The molecule has 0 fully saturated rings. The molecule has 0 spiro atoms. The molecule has 0 aliphatic carbocycles. The van der Waals surface area contributed by atoms with Gasteiger partial charge in [-0.1, -0.05) is 140 Å². The topological polar surface area (TPSA) is 59.4 Å². The molecule has 0 saturated heterocycles. The lowest BCUT2D eigenvalue weighted by atomic mass is 9.96. The van der Waals surface area contributed by atoms with Crippen LogP contribution in [-0.4, -0.2) is 19.1 Å². The molecule has 4 aromatic heterocycles. The van der Waals surface area contributed by atoms with Crippen molar-refractivity contribution in [2.45, 2.75) is 6.18 Å². The molecular weight excluding hydrogens is 848 g/mol. The first kappa shape index (κ1) is 40.4. The maximum atomic E-state index is 16.8. The Hall–Kier alpha value is -9.06. The number of rotatable bonds is 7. The Balaban J connectivity index is 1.15. The van der Waals surface area contributed by atoms with Crippen LogP contribution < -0.4 is 0 Å². The Morgan fingerprint density at radius 1 is 0.397 bits per heavy atom. The minimum Gasteiger partial charge on any atom is -0.309 e. The molecule has 12 aromatic rings. The molecule has 0 N–H and O–H groups in total. The Morgan fingerprint density at radius 2 is 0.882 bits per heavy atom. The molecule has 0 radical (unpaired) electrons. The third kappa shape index (κ3) is 6.63. The number of para-hydroxylation sites is 2. The molecule has 0 saturated carbocycles. The maximum Gasteiger partial charge on any atom is 0.420 e. The Morgan fingerprint density at radius 3 is 1.44 bits per heavy atom. The van der Waals surface area contributed by atoms with Gasteiger partial charge in [0.25, 0.3) is 0 Å². The molecule has 0 bridgehead atoms. The summed E-state index contributed by atoms with van der Waals surface area (Å²) in [6.07, 6.45) is -1.34. The summed E-state index contributed by atoms with van der Waals surface area (Å²) in [7, 11) is 0. The summed E-state index contributed by atoms with van der Waals surface area (Å²) in [6, 6.07) is 67.2. The molecule has 0 unspecified atom stereocenters. The van der Waals surface area contributed by atoms with Crippen molar-refractivity contribution in [3.63, 3.8) is 0 Å². The summed E-state index contributed by atoms with van der Waals surface area (Å²) < 4.78 is 54.0. The van der Waals surface area contributed by atoms with Gasteiger partial charge in [-0.25, -0.2) is 0 Å². The normalized spacial score (nSPS) is 11.7. The second-order valence-electron chi connectivity index (χ2n) is 16.7. The van der Waals surface area contributed by atoms with Gasteiger partial charge in [0.05, 0.1) is 56.5 Å². The summed E-state index contributed by atoms with van der Waals surface area (Å²) in [5.74, 6) is 0. The molecule has 68 heavy (non-hydrogen) atoms. The standard InChI is InChI=1S/C60H36F3N5/c61-60(62,63)56-55(67-51-24-9-7-20-47(51)49-35-42(26-29-53(49)67)44-22-12-32-65-57(44)39-15-3-1-4-16-39)31-28-46(41-19-11-14-38(34-41)37-64)59(56)68-52-25-10-8-21-48(52)50-36-43(27-30-54(50)68)45-23-13-33-66-58(45)40-17-5-2-6-18-40/h1-36H. The molecule has 322 valence electrons. The third-order valence-corrected chi connectivity index (χ3v) is 12.9. The van der Waals surface area contributed by atoms with E-state index in [2.05, 4.69) is 18.2 Å². The van der Waals surface area contributed by atoms with Gasteiger partial charge in [-0.05, 0) is 83.4 Å². The highest BCUT2D eigenvalue weighted by atomic mass is 19.4. The van der Waals surface area contributed by atoms with Gasteiger partial charge in [0, 0.05) is 61.8 Å². The van der Waals surface area contributed by atoms with Crippen LogP contribution in [0.5, 0.6) is 0 Å². The van der Waals surface area contributed by atoms with E-state index in [1.54, 1.807) is 57.9 Å². The van der Waals surface area contributed by atoms with Gasteiger partial charge in [-0.3, -0.25) is 9.97 Å². The molecule has 5 nitrogen and oxygen atoms in total. The van der Waals surface area contributed by atoms with Gasteiger partial charge >= 0.3 is 6.18 Å². The molecule has 8 aromatic carbocycles. The van der Waals surface area contributed by atoms with Crippen LogP contribution in [0, 0.1) is 11.3 Å². The third-order valence-electron chi connectivity index (χ3n) is 12.9. The van der Waals surface area contributed by atoms with Crippen molar-refractivity contribution in [1.29, 1.82) is 5.26 Å². The Kier molecular flexibility index (Phi) is 9.59. The number of aromatic nitrogens is 4. The van der Waals surface area contributed by atoms with Crippen LogP contribution >= 0.6 is 0 Å². The fourth-order valence-electron chi connectivity index (χ4n) is 9.98. The highest BCUT2D eigenvalue weighted by molar-refractivity contribution is 6.13. The zero-order valence-electron chi connectivity index (χ0n) is 36.2. The van der Waals surface area contributed by atoms with Crippen LogP contribution in [0.4, 0.5) is 13.2 Å². The summed E-state index contributed by atoms with van der Waals surface area (Å²) in [5.41, 5.74) is 9.84. The average molecular weight is 884 g/mol. The summed E-state index contributed by atoms with van der Waals surface area (Å²) in [5, 5.41) is 13.2. The SMILES string of the molecule is N#Cc1cccc(-c2ccc(-n3c4ccccc4c4cc(-c5cccnc5-c5ccccc5)ccc43)c(C(F)(F)F)c2-n2c3ccccc3c3cc(-c4cccnc4-c4ccccc4)ccc32)c1. The molecule has 0 atom stereocenters.